The molecule has 2 aromatic rings. The van der Waals surface area contributed by atoms with Crippen molar-refractivity contribution >= 4 is 22.4 Å². The molecule has 5 rings (SSSR count). The molecular weight excluding hydrogens is 416 g/mol. The topological polar surface area (TPSA) is 61.1 Å². The molecule has 2 aromatic heterocycles. The van der Waals surface area contributed by atoms with E-state index in [0.717, 1.165) is 66.4 Å². The Bertz CT molecular complexity index is 829. The van der Waals surface area contributed by atoms with E-state index in [1.807, 2.05) is 23.6 Å². The lowest BCUT2D eigenvalue weighted by molar-refractivity contribution is -0.946. The summed E-state index contributed by atoms with van der Waals surface area (Å²) in [6, 6.07) is 5.88. The number of furan rings is 1. The van der Waals surface area contributed by atoms with Gasteiger partial charge in [0.05, 0.1) is 39.2 Å². The van der Waals surface area contributed by atoms with Crippen molar-refractivity contribution in [1.82, 2.24) is 0 Å². The van der Waals surface area contributed by atoms with E-state index in [2.05, 4.69) is 0 Å². The molecule has 0 unspecified atom stereocenters. The van der Waals surface area contributed by atoms with Gasteiger partial charge in [0, 0.05) is 39.3 Å². The van der Waals surface area contributed by atoms with Gasteiger partial charge in [-0.3, -0.25) is 4.90 Å². The molecule has 0 radical (unpaired) electrons. The second kappa shape index (κ2) is 10.2. The van der Waals surface area contributed by atoms with Crippen LogP contribution in [0.1, 0.15) is 24.2 Å². The predicted molar refractivity (Wildman–Crippen MR) is 120 cm³/mol. The van der Waals surface area contributed by atoms with Gasteiger partial charge in [0.25, 0.3) is 0 Å². The molecule has 0 aliphatic carbocycles. The van der Waals surface area contributed by atoms with Crippen molar-refractivity contribution in [2.45, 2.75) is 25.4 Å². The minimum Gasteiger partial charge on any atom is -0.469 e. The van der Waals surface area contributed by atoms with Gasteiger partial charge in [-0.15, -0.1) is 11.3 Å². The highest BCUT2D eigenvalue weighted by Gasteiger charge is 2.47. The Morgan fingerprint density at radius 1 is 1.26 bits per heavy atom. The van der Waals surface area contributed by atoms with Crippen LogP contribution in [0.25, 0.3) is 0 Å². The van der Waals surface area contributed by atoms with E-state index in [0.29, 0.717) is 25.6 Å². The van der Waals surface area contributed by atoms with Crippen LogP contribution in [-0.2, 0) is 20.6 Å². The summed E-state index contributed by atoms with van der Waals surface area (Å²) in [5.41, 5.74) is 1.07. The van der Waals surface area contributed by atoms with Gasteiger partial charge in [0.1, 0.15) is 23.9 Å². The van der Waals surface area contributed by atoms with E-state index in [1.54, 1.807) is 36.7 Å². The zero-order chi connectivity index (χ0) is 21.7. The summed E-state index contributed by atoms with van der Waals surface area (Å²) < 4.78 is 23.3. The van der Waals surface area contributed by atoms with E-state index in [-0.39, 0.29) is 12.2 Å². The molecule has 0 aromatic carbocycles. The number of methoxy groups -OCH3 is 1. The molecule has 7 nitrogen and oxygen atoms in total. The maximum absolute atomic E-state index is 13.0. The van der Waals surface area contributed by atoms with Crippen molar-refractivity contribution in [3.63, 3.8) is 0 Å². The summed E-state index contributed by atoms with van der Waals surface area (Å²) >= 11 is 1.55. The third-order valence-corrected chi connectivity index (χ3v) is 7.71. The summed E-state index contributed by atoms with van der Waals surface area (Å²) in [5, 5.41) is 2.92. The van der Waals surface area contributed by atoms with Crippen LogP contribution in [0, 0.1) is 5.92 Å². The zero-order valence-electron chi connectivity index (χ0n) is 18.5. The molecule has 1 amide bonds. The SMILES string of the molecule is COCCOCC[N+]12CCC(CC1)[C@@H](OC(=O)N(C)c1sccc1Cc1ccco1)C2. The summed E-state index contributed by atoms with van der Waals surface area (Å²) in [6.07, 6.45) is 4.28. The lowest BCUT2D eigenvalue weighted by atomic mass is 9.83. The molecule has 31 heavy (non-hydrogen) atoms. The third-order valence-electron chi connectivity index (χ3n) is 6.68. The van der Waals surface area contributed by atoms with Crippen LogP contribution >= 0.6 is 11.3 Å². The van der Waals surface area contributed by atoms with E-state index in [1.165, 1.54) is 0 Å². The van der Waals surface area contributed by atoms with E-state index >= 15 is 0 Å². The Kier molecular flexibility index (Phi) is 7.32. The summed E-state index contributed by atoms with van der Waals surface area (Å²) in [4.78, 5) is 14.7. The predicted octanol–water partition coefficient (Wildman–Crippen LogP) is 3.78. The monoisotopic (exact) mass is 449 g/mol. The van der Waals surface area contributed by atoms with Gasteiger partial charge in [-0.2, -0.15) is 0 Å². The minimum atomic E-state index is -0.267. The first kappa shape index (κ1) is 22.3. The number of anilines is 1. The summed E-state index contributed by atoms with van der Waals surface area (Å²) in [7, 11) is 3.49. The van der Waals surface area contributed by atoms with Gasteiger partial charge in [0.2, 0.25) is 0 Å². The fourth-order valence-electron chi connectivity index (χ4n) is 4.82. The number of carbonyl (C=O) groups excluding carboxylic acids is 1. The van der Waals surface area contributed by atoms with Crippen molar-refractivity contribution < 1.29 is 27.9 Å². The summed E-state index contributed by atoms with van der Waals surface area (Å²) in [6.45, 7) is 6.14. The molecular formula is C23H33N2O5S+. The Morgan fingerprint density at radius 2 is 2.10 bits per heavy atom. The first-order valence-electron chi connectivity index (χ1n) is 11.0. The molecule has 3 fully saturated rings. The van der Waals surface area contributed by atoms with Gasteiger partial charge >= 0.3 is 6.09 Å². The fourth-order valence-corrected chi connectivity index (χ4v) is 5.71. The van der Waals surface area contributed by atoms with Crippen LogP contribution in [0.15, 0.2) is 34.3 Å². The van der Waals surface area contributed by atoms with Crippen molar-refractivity contribution in [3.05, 3.63) is 41.2 Å². The maximum atomic E-state index is 13.0. The van der Waals surface area contributed by atoms with Crippen LogP contribution in [0.4, 0.5) is 9.80 Å². The largest absolute Gasteiger partial charge is 0.469 e. The second-order valence-electron chi connectivity index (χ2n) is 8.63. The van der Waals surface area contributed by atoms with Crippen LogP contribution in [0.3, 0.4) is 0 Å². The second-order valence-corrected chi connectivity index (χ2v) is 9.52. The van der Waals surface area contributed by atoms with E-state index in [9.17, 15) is 4.79 Å². The molecule has 3 saturated heterocycles. The van der Waals surface area contributed by atoms with Crippen LogP contribution < -0.4 is 4.90 Å². The van der Waals surface area contributed by atoms with Crippen LogP contribution in [0.2, 0.25) is 0 Å². The van der Waals surface area contributed by atoms with Crippen molar-refractivity contribution in [2.75, 3.05) is 65.1 Å². The third kappa shape index (κ3) is 5.31. The lowest BCUT2D eigenvalue weighted by Gasteiger charge is -2.52. The molecule has 1 atom stereocenters. The number of thiophene rings is 1. The molecule has 3 aliphatic rings. The average Bonchev–Trinajstić information content (AvgIpc) is 3.46. The Labute approximate surface area is 188 Å². The molecule has 8 heteroatoms. The van der Waals surface area contributed by atoms with Gasteiger partial charge in [-0.05, 0) is 29.1 Å². The number of quaternary nitrogens is 1. The normalized spacial score (nSPS) is 25.0. The number of hydrogen-bond donors (Lipinski definition) is 0. The highest BCUT2D eigenvalue weighted by atomic mass is 32.1. The number of amides is 1. The number of hydrogen-bond acceptors (Lipinski definition) is 6. The zero-order valence-corrected chi connectivity index (χ0v) is 19.3. The van der Waals surface area contributed by atoms with Gasteiger partial charge < -0.3 is 23.1 Å². The van der Waals surface area contributed by atoms with E-state index in [4.69, 9.17) is 18.6 Å². The first-order chi connectivity index (χ1) is 15.1. The Balaban J connectivity index is 1.34. The summed E-state index contributed by atoms with van der Waals surface area (Å²) in [5.74, 6) is 1.36. The Morgan fingerprint density at radius 3 is 2.84 bits per heavy atom. The maximum Gasteiger partial charge on any atom is 0.415 e. The van der Waals surface area contributed by atoms with Crippen molar-refractivity contribution in [3.8, 4) is 0 Å². The number of carbonyl (C=O) groups is 1. The van der Waals surface area contributed by atoms with Crippen molar-refractivity contribution in [1.29, 1.82) is 0 Å². The molecule has 0 spiro atoms. The number of fused-ring (bicyclic) bond motifs is 3. The molecule has 0 N–H and O–H groups in total. The van der Waals surface area contributed by atoms with Crippen LogP contribution in [0.5, 0.6) is 0 Å². The number of ether oxygens (including phenoxy) is 3. The molecule has 0 saturated carbocycles. The van der Waals surface area contributed by atoms with Gasteiger partial charge in [-0.1, -0.05) is 0 Å². The number of piperidine rings is 3. The highest BCUT2D eigenvalue weighted by molar-refractivity contribution is 7.14. The molecule has 3 aliphatic heterocycles. The molecule has 170 valence electrons. The van der Waals surface area contributed by atoms with E-state index < -0.39 is 0 Å². The first-order valence-corrected chi connectivity index (χ1v) is 11.9. The average molecular weight is 450 g/mol. The van der Waals surface area contributed by atoms with Crippen molar-refractivity contribution in [2.24, 2.45) is 5.92 Å². The van der Waals surface area contributed by atoms with Gasteiger partial charge in [-0.25, -0.2) is 4.79 Å². The minimum absolute atomic E-state index is 0.0232. The fraction of sp³-hybridized carbons (Fsp3) is 0.609. The lowest BCUT2D eigenvalue weighted by Crippen LogP contribution is -2.65. The Hall–Kier alpha value is -1.87. The van der Waals surface area contributed by atoms with Gasteiger partial charge in [0.15, 0.2) is 6.10 Å². The molecule has 2 bridgehead atoms. The number of nitrogens with zero attached hydrogens (tertiary/aromatic N) is 2. The standard InChI is InChI=1S/C23H33N2O5S/c1-24(22-19(7-15-31-22)16-20-4-3-11-29-20)23(26)30-21-17-25(8-5-18(21)6-9-25)10-12-28-14-13-27-2/h3-4,7,11,15,18,21H,5-6,8-10,12-14,16-17H2,1-2H3/q+1/t18?,21-,25?/m0/s1. The number of rotatable bonds is 10. The quantitative estimate of drug-likeness (QED) is 0.408. The van der Waals surface area contributed by atoms with Crippen LogP contribution in [-0.4, -0.2) is 76.8 Å². The highest BCUT2D eigenvalue weighted by Crippen LogP contribution is 2.36. The smallest absolute Gasteiger partial charge is 0.415 e. The molecule has 5 heterocycles.